The van der Waals surface area contributed by atoms with Crippen LogP contribution >= 0.6 is 22.6 Å². The summed E-state index contributed by atoms with van der Waals surface area (Å²) in [5.74, 6) is 0.648. The molecule has 1 amide bonds. The number of carbonyl (C=O) groups is 1. The number of rotatable bonds is 5. The predicted octanol–water partition coefficient (Wildman–Crippen LogP) is 3.85. The summed E-state index contributed by atoms with van der Waals surface area (Å²) in [4.78, 5) is 12.3. The highest BCUT2D eigenvalue weighted by Gasteiger charge is 2.12. The van der Waals surface area contributed by atoms with Crippen molar-refractivity contribution in [1.29, 1.82) is 5.26 Å². The van der Waals surface area contributed by atoms with E-state index >= 15 is 0 Å². The predicted molar refractivity (Wildman–Crippen MR) is 101 cm³/mol. The normalized spacial score (nSPS) is 10.7. The third-order valence-electron chi connectivity index (χ3n) is 3.21. The minimum atomic E-state index is -0.462. The van der Waals surface area contributed by atoms with Gasteiger partial charge in [0.2, 0.25) is 0 Å². The Balaban J connectivity index is 2.27. The lowest BCUT2D eigenvalue weighted by molar-refractivity contribution is -0.112. The molecule has 0 aromatic heterocycles. The monoisotopic (exact) mass is 434 g/mol. The number of benzene rings is 2. The molecule has 0 bridgehead atoms. The first-order chi connectivity index (χ1) is 11.6. The molecule has 0 aliphatic heterocycles. The summed E-state index contributed by atoms with van der Waals surface area (Å²) in [5, 5.41) is 12.0. The zero-order valence-corrected chi connectivity index (χ0v) is 15.3. The summed E-state index contributed by atoms with van der Waals surface area (Å²) in [5.41, 5.74) is 1.33. The maximum absolute atomic E-state index is 12.3. The Labute approximate surface area is 154 Å². The van der Waals surface area contributed by atoms with Crippen LogP contribution in [0.1, 0.15) is 5.56 Å². The molecule has 0 saturated carbocycles. The SMILES string of the molecule is COc1ccc(/C=C(/C#N)C(=O)Nc2ccccc2I)cc1OC. The molecule has 122 valence electrons. The van der Waals surface area contributed by atoms with E-state index < -0.39 is 5.91 Å². The molecule has 5 nitrogen and oxygen atoms in total. The van der Waals surface area contributed by atoms with Crippen LogP contribution in [0.5, 0.6) is 11.5 Å². The van der Waals surface area contributed by atoms with Crippen LogP contribution in [-0.4, -0.2) is 20.1 Å². The third-order valence-corrected chi connectivity index (χ3v) is 4.15. The Morgan fingerprint density at radius 1 is 1.17 bits per heavy atom. The van der Waals surface area contributed by atoms with Crippen LogP contribution in [0.2, 0.25) is 0 Å². The second-order valence-corrected chi connectivity index (χ2v) is 5.88. The lowest BCUT2D eigenvalue weighted by Crippen LogP contribution is -2.14. The molecular weight excluding hydrogens is 419 g/mol. The zero-order valence-electron chi connectivity index (χ0n) is 13.2. The van der Waals surface area contributed by atoms with Crippen LogP contribution in [-0.2, 0) is 4.79 Å². The standard InChI is InChI=1S/C18H15IN2O3/c1-23-16-8-7-12(10-17(16)24-2)9-13(11-20)18(22)21-15-6-4-3-5-14(15)19/h3-10H,1-2H3,(H,21,22)/b13-9-. The number of amides is 1. The maximum Gasteiger partial charge on any atom is 0.266 e. The lowest BCUT2D eigenvalue weighted by atomic mass is 10.1. The smallest absolute Gasteiger partial charge is 0.266 e. The summed E-state index contributed by atoms with van der Waals surface area (Å²) in [6.07, 6.45) is 1.51. The molecule has 6 heteroatoms. The number of nitrogens with zero attached hydrogens (tertiary/aromatic N) is 1. The number of carbonyl (C=O) groups excluding carboxylic acids is 1. The topological polar surface area (TPSA) is 71.3 Å². The molecule has 0 heterocycles. The molecule has 0 atom stereocenters. The molecule has 24 heavy (non-hydrogen) atoms. The molecule has 0 radical (unpaired) electrons. The van der Waals surface area contributed by atoms with Crippen LogP contribution in [0.25, 0.3) is 6.08 Å². The van der Waals surface area contributed by atoms with Crippen molar-refractivity contribution in [2.75, 3.05) is 19.5 Å². The van der Waals surface area contributed by atoms with Crippen molar-refractivity contribution in [3.05, 3.63) is 57.2 Å². The van der Waals surface area contributed by atoms with Gasteiger partial charge in [-0.1, -0.05) is 18.2 Å². The number of nitriles is 1. The highest BCUT2D eigenvalue weighted by molar-refractivity contribution is 14.1. The minimum Gasteiger partial charge on any atom is -0.493 e. The van der Waals surface area contributed by atoms with Gasteiger partial charge < -0.3 is 14.8 Å². The van der Waals surface area contributed by atoms with Crippen molar-refractivity contribution in [1.82, 2.24) is 0 Å². The van der Waals surface area contributed by atoms with Crippen molar-refractivity contribution < 1.29 is 14.3 Å². The van der Waals surface area contributed by atoms with Crippen molar-refractivity contribution in [3.63, 3.8) is 0 Å². The summed E-state index contributed by atoms with van der Waals surface area (Å²) in [6.45, 7) is 0. The van der Waals surface area contributed by atoms with Gasteiger partial charge in [-0.25, -0.2) is 0 Å². The number of halogens is 1. The first kappa shape index (κ1) is 17.8. The van der Waals surface area contributed by atoms with Crippen LogP contribution in [0.3, 0.4) is 0 Å². The Hall–Kier alpha value is -2.53. The average molecular weight is 434 g/mol. The van der Waals surface area contributed by atoms with E-state index in [1.54, 1.807) is 31.4 Å². The number of anilines is 1. The van der Waals surface area contributed by atoms with Gasteiger partial charge in [-0.15, -0.1) is 0 Å². The van der Waals surface area contributed by atoms with Crippen LogP contribution < -0.4 is 14.8 Å². The Kier molecular flexibility index (Phi) is 6.21. The second kappa shape index (κ2) is 8.36. The van der Waals surface area contributed by atoms with Gasteiger partial charge in [-0.2, -0.15) is 5.26 Å². The fourth-order valence-corrected chi connectivity index (χ4v) is 2.53. The van der Waals surface area contributed by atoms with Crippen molar-refractivity contribution in [2.24, 2.45) is 0 Å². The molecule has 2 aromatic carbocycles. The maximum atomic E-state index is 12.3. The van der Waals surface area contributed by atoms with Crippen LogP contribution in [0, 0.1) is 14.9 Å². The number of hydrogen-bond acceptors (Lipinski definition) is 4. The molecule has 2 rings (SSSR count). The Bertz CT molecular complexity index is 825. The van der Waals surface area contributed by atoms with Crippen LogP contribution in [0.15, 0.2) is 48.0 Å². The highest BCUT2D eigenvalue weighted by Crippen LogP contribution is 2.28. The van der Waals surface area contributed by atoms with Crippen molar-refractivity contribution in [2.45, 2.75) is 0 Å². The van der Waals surface area contributed by atoms with E-state index in [1.165, 1.54) is 13.2 Å². The van der Waals surface area contributed by atoms with E-state index in [1.807, 2.05) is 24.3 Å². The molecule has 0 fully saturated rings. The van der Waals surface area contributed by atoms with Gasteiger partial charge in [0, 0.05) is 3.57 Å². The molecule has 0 aliphatic carbocycles. The summed E-state index contributed by atoms with van der Waals surface area (Å²) < 4.78 is 11.3. The molecule has 0 spiro atoms. The Morgan fingerprint density at radius 2 is 1.88 bits per heavy atom. The lowest BCUT2D eigenvalue weighted by Gasteiger charge is -2.08. The number of hydrogen-bond donors (Lipinski definition) is 1. The van der Waals surface area contributed by atoms with Gasteiger partial charge in [-0.3, -0.25) is 4.79 Å². The van der Waals surface area contributed by atoms with E-state index in [2.05, 4.69) is 27.9 Å². The van der Waals surface area contributed by atoms with Gasteiger partial charge in [0.1, 0.15) is 11.6 Å². The highest BCUT2D eigenvalue weighted by atomic mass is 127. The van der Waals surface area contributed by atoms with Gasteiger partial charge in [-0.05, 0) is 58.5 Å². The molecule has 0 saturated heterocycles. The van der Waals surface area contributed by atoms with E-state index in [4.69, 9.17) is 9.47 Å². The first-order valence-electron chi connectivity index (χ1n) is 6.98. The van der Waals surface area contributed by atoms with Crippen molar-refractivity contribution in [3.8, 4) is 17.6 Å². The number of ether oxygens (including phenoxy) is 2. The fraction of sp³-hybridized carbons (Fsp3) is 0.111. The van der Waals surface area contributed by atoms with E-state index in [-0.39, 0.29) is 5.57 Å². The second-order valence-electron chi connectivity index (χ2n) is 4.72. The van der Waals surface area contributed by atoms with Gasteiger partial charge in [0.25, 0.3) is 5.91 Å². The van der Waals surface area contributed by atoms with Gasteiger partial charge in [0.05, 0.1) is 19.9 Å². The third kappa shape index (κ3) is 4.26. The summed E-state index contributed by atoms with van der Waals surface area (Å²) >= 11 is 2.12. The van der Waals surface area contributed by atoms with Gasteiger partial charge in [0.15, 0.2) is 11.5 Å². The molecular formula is C18H15IN2O3. The molecule has 0 unspecified atom stereocenters. The zero-order chi connectivity index (χ0) is 17.5. The van der Waals surface area contributed by atoms with E-state index in [9.17, 15) is 10.1 Å². The Morgan fingerprint density at radius 3 is 2.50 bits per heavy atom. The average Bonchev–Trinajstić information content (AvgIpc) is 2.61. The van der Waals surface area contributed by atoms with Crippen molar-refractivity contribution >= 4 is 40.3 Å². The number of nitrogens with one attached hydrogen (secondary N) is 1. The quantitative estimate of drug-likeness (QED) is 0.441. The van der Waals surface area contributed by atoms with E-state index in [0.717, 1.165) is 3.57 Å². The minimum absolute atomic E-state index is 0.00173. The summed E-state index contributed by atoms with van der Waals surface area (Å²) in [6, 6.07) is 14.5. The molecule has 2 aromatic rings. The van der Waals surface area contributed by atoms with Crippen LogP contribution in [0.4, 0.5) is 5.69 Å². The number of methoxy groups -OCH3 is 2. The van der Waals surface area contributed by atoms with Gasteiger partial charge >= 0.3 is 0 Å². The largest absolute Gasteiger partial charge is 0.493 e. The summed E-state index contributed by atoms with van der Waals surface area (Å²) in [7, 11) is 3.07. The molecule has 0 aliphatic rings. The number of para-hydroxylation sites is 1. The van der Waals surface area contributed by atoms with E-state index in [0.29, 0.717) is 22.7 Å². The first-order valence-corrected chi connectivity index (χ1v) is 8.06. The molecule has 1 N–H and O–H groups in total. The fourth-order valence-electron chi connectivity index (χ4n) is 2.01.